The molecule has 3 rings (SSSR count). The van der Waals surface area contributed by atoms with Gasteiger partial charge in [0.25, 0.3) is 5.95 Å². The lowest BCUT2D eigenvalue weighted by atomic mass is 10.1. The zero-order valence-electron chi connectivity index (χ0n) is 12.7. The molecule has 0 radical (unpaired) electrons. The summed E-state index contributed by atoms with van der Waals surface area (Å²) in [6.07, 6.45) is 2.69. The first-order valence-electron chi connectivity index (χ1n) is 7.22. The van der Waals surface area contributed by atoms with E-state index in [-0.39, 0.29) is 6.04 Å². The van der Waals surface area contributed by atoms with Crippen LogP contribution >= 0.6 is 0 Å². The van der Waals surface area contributed by atoms with Gasteiger partial charge >= 0.3 is 5.96 Å². The molecule has 1 atom stereocenters. The van der Waals surface area contributed by atoms with Crippen molar-refractivity contribution in [3.63, 3.8) is 0 Å². The van der Waals surface area contributed by atoms with Crippen LogP contribution in [0.2, 0.25) is 0 Å². The Labute approximate surface area is 129 Å². The van der Waals surface area contributed by atoms with Crippen molar-refractivity contribution in [3.8, 4) is 0 Å². The maximum atomic E-state index is 6.18. The van der Waals surface area contributed by atoms with E-state index >= 15 is 0 Å². The average molecular weight is 295 g/mol. The Morgan fingerprint density at radius 1 is 1.18 bits per heavy atom. The molecule has 0 amide bonds. The molecule has 6 nitrogen and oxygen atoms in total. The van der Waals surface area contributed by atoms with Crippen LogP contribution in [-0.4, -0.2) is 26.8 Å². The molecule has 0 unspecified atom stereocenters. The number of guanidine groups is 1. The number of nitrogens with one attached hydrogen (secondary N) is 1. The summed E-state index contributed by atoms with van der Waals surface area (Å²) >= 11 is 0. The maximum Gasteiger partial charge on any atom is 0.375 e. The van der Waals surface area contributed by atoms with Crippen molar-refractivity contribution in [1.29, 1.82) is 0 Å². The lowest BCUT2D eigenvalue weighted by Gasteiger charge is -2.11. The summed E-state index contributed by atoms with van der Waals surface area (Å²) in [5, 5.41) is 7.41. The Morgan fingerprint density at radius 3 is 2.55 bits per heavy atom. The fraction of sp³-hybridized carbons (Fsp3) is 0.250. The van der Waals surface area contributed by atoms with E-state index in [0.29, 0.717) is 11.9 Å². The van der Waals surface area contributed by atoms with Gasteiger partial charge in [0, 0.05) is 24.0 Å². The lowest BCUT2D eigenvalue weighted by Crippen LogP contribution is -2.33. The molecule has 1 aromatic carbocycles. The molecule has 0 spiro atoms. The first-order chi connectivity index (χ1) is 10.6. The second-order valence-electron chi connectivity index (χ2n) is 5.29. The highest BCUT2D eigenvalue weighted by molar-refractivity contribution is 5.86. The summed E-state index contributed by atoms with van der Waals surface area (Å²) in [7, 11) is 0. The molecule has 0 aliphatic carbocycles. The fourth-order valence-electron chi connectivity index (χ4n) is 2.55. The number of nitrogens with two attached hydrogens (primary N) is 1. The van der Waals surface area contributed by atoms with Crippen LogP contribution in [0.4, 0.5) is 5.95 Å². The SMILES string of the molecule is Cc1cc(C)nc(NC(N)=[N+]2N=CC[C@@H]2c2ccccc2)n1. The van der Waals surface area contributed by atoms with Gasteiger partial charge in [0.05, 0.1) is 0 Å². The highest BCUT2D eigenvalue weighted by Crippen LogP contribution is 2.24. The second-order valence-corrected chi connectivity index (χ2v) is 5.29. The van der Waals surface area contributed by atoms with E-state index in [1.807, 2.05) is 44.3 Å². The van der Waals surface area contributed by atoms with Crippen LogP contribution in [0.15, 0.2) is 41.5 Å². The molecule has 0 bridgehead atoms. The highest BCUT2D eigenvalue weighted by Gasteiger charge is 2.26. The van der Waals surface area contributed by atoms with Crippen molar-refractivity contribution in [3.05, 3.63) is 53.3 Å². The standard InChI is InChI=1S/C16H18N6/c1-11-10-12(2)20-16(19-11)21-15(17)22-14(8-9-18-22)13-6-4-3-5-7-13/h3-7,9-10,14H,8H2,1-2H3,(H2,17,19,20,21)/p+1/t14-/m1/s1. The Bertz CT molecular complexity index is 715. The predicted molar refractivity (Wildman–Crippen MR) is 86.9 cm³/mol. The van der Waals surface area contributed by atoms with E-state index in [9.17, 15) is 0 Å². The number of benzene rings is 1. The maximum absolute atomic E-state index is 6.18. The molecule has 3 N–H and O–H groups in total. The number of aryl methyl sites for hydroxylation is 2. The molecule has 2 heterocycles. The van der Waals surface area contributed by atoms with Crippen molar-refractivity contribution in [2.75, 3.05) is 5.32 Å². The molecule has 0 fully saturated rings. The first kappa shape index (κ1) is 14.2. The van der Waals surface area contributed by atoms with Gasteiger partial charge in [0.2, 0.25) is 0 Å². The predicted octanol–water partition coefficient (Wildman–Crippen LogP) is 1.96. The third kappa shape index (κ3) is 2.95. The minimum Gasteiger partial charge on any atom is -0.289 e. The van der Waals surface area contributed by atoms with Gasteiger partial charge < -0.3 is 0 Å². The van der Waals surface area contributed by atoms with E-state index in [1.165, 1.54) is 5.56 Å². The van der Waals surface area contributed by atoms with E-state index < -0.39 is 0 Å². The van der Waals surface area contributed by atoms with Crippen molar-refractivity contribution >= 4 is 18.1 Å². The Kier molecular flexibility index (Phi) is 3.82. The summed E-state index contributed by atoms with van der Waals surface area (Å²) in [5.74, 6) is 0.913. The topological polar surface area (TPSA) is 79.2 Å². The van der Waals surface area contributed by atoms with Crippen molar-refractivity contribution in [1.82, 2.24) is 9.97 Å². The summed E-state index contributed by atoms with van der Waals surface area (Å²) in [4.78, 5) is 8.68. The molecule has 2 aromatic rings. The molecular weight excluding hydrogens is 276 g/mol. The van der Waals surface area contributed by atoms with E-state index in [1.54, 1.807) is 4.68 Å². The lowest BCUT2D eigenvalue weighted by molar-refractivity contribution is -0.568. The molecule has 1 aliphatic rings. The number of hydrazone groups is 1. The Morgan fingerprint density at radius 2 is 1.86 bits per heavy atom. The third-order valence-corrected chi connectivity index (χ3v) is 3.48. The largest absolute Gasteiger partial charge is 0.375 e. The van der Waals surface area contributed by atoms with Crippen LogP contribution in [0, 0.1) is 13.8 Å². The summed E-state index contributed by atoms with van der Waals surface area (Å²) < 4.78 is 1.77. The van der Waals surface area contributed by atoms with Crippen LogP contribution in [0.5, 0.6) is 0 Å². The zero-order chi connectivity index (χ0) is 15.5. The quantitative estimate of drug-likeness (QED) is 0.656. The summed E-state index contributed by atoms with van der Waals surface area (Å²) in [6.45, 7) is 3.85. The number of rotatable bonds is 2. The van der Waals surface area contributed by atoms with Gasteiger partial charge in [-0.15, -0.1) is 9.79 Å². The van der Waals surface area contributed by atoms with Gasteiger partial charge in [0.15, 0.2) is 0 Å². The van der Waals surface area contributed by atoms with Crippen LogP contribution < -0.4 is 11.1 Å². The molecular formula is C16H19N6+. The van der Waals surface area contributed by atoms with Crippen LogP contribution in [0.1, 0.15) is 29.4 Å². The molecule has 0 saturated carbocycles. The molecule has 6 heteroatoms. The number of hydrogen-bond donors (Lipinski definition) is 2. The summed E-state index contributed by atoms with van der Waals surface area (Å²) in [5.41, 5.74) is 9.14. The number of aromatic nitrogens is 2. The molecule has 22 heavy (non-hydrogen) atoms. The zero-order valence-corrected chi connectivity index (χ0v) is 12.7. The fourth-order valence-corrected chi connectivity index (χ4v) is 2.55. The number of hydrogen-bond acceptors (Lipinski definition) is 3. The van der Waals surface area contributed by atoms with Gasteiger partial charge in [0.1, 0.15) is 6.04 Å². The smallest absolute Gasteiger partial charge is 0.289 e. The van der Waals surface area contributed by atoms with Crippen LogP contribution in [0.25, 0.3) is 0 Å². The number of anilines is 1. The highest BCUT2D eigenvalue weighted by atomic mass is 15.5. The normalized spacial score (nSPS) is 19.3. The van der Waals surface area contributed by atoms with Gasteiger partial charge in [-0.25, -0.2) is 15.3 Å². The monoisotopic (exact) mass is 295 g/mol. The van der Waals surface area contributed by atoms with Crippen LogP contribution in [-0.2, 0) is 0 Å². The van der Waals surface area contributed by atoms with Crippen molar-refractivity contribution < 1.29 is 4.68 Å². The molecule has 0 saturated heterocycles. The van der Waals surface area contributed by atoms with Gasteiger partial charge in [-0.1, -0.05) is 30.3 Å². The molecule has 112 valence electrons. The van der Waals surface area contributed by atoms with Crippen molar-refractivity contribution in [2.24, 2.45) is 10.8 Å². The van der Waals surface area contributed by atoms with E-state index in [4.69, 9.17) is 5.73 Å². The van der Waals surface area contributed by atoms with Gasteiger partial charge in [-0.3, -0.25) is 5.73 Å². The number of nitrogens with zero attached hydrogens (tertiary/aromatic N) is 4. The Balaban J connectivity index is 1.89. The first-order valence-corrected chi connectivity index (χ1v) is 7.22. The van der Waals surface area contributed by atoms with E-state index in [2.05, 4.69) is 32.5 Å². The average Bonchev–Trinajstić information content (AvgIpc) is 2.96. The van der Waals surface area contributed by atoms with E-state index in [0.717, 1.165) is 17.8 Å². The summed E-state index contributed by atoms with van der Waals surface area (Å²) in [6, 6.07) is 12.2. The van der Waals surface area contributed by atoms with Gasteiger partial charge in [-0.05, 0) is 25.5 Å². The van der Waals surface area contributed by atoms with Crippen molar-refractivity contribution in [2.45, 2.75) is 26.3 Å². The van der Waals surface area contributed by atoms with Crippen LogP contribution in [0.3, 0.4) is 0 Å². The van der Waals surface area contributed by atoms with Gasteiger partial charge in [-0.2, -0.15) is 0 Å². The minimum atomic E-state index is 0.0969. The minimum absolute atomic E-state index is 0.0969. The second kappa shape index (κ2) is 5.93. The molecule has 1 aromatic heterocycles. The Hall–Kier alpha value is -2.76. The molecule has 1 aliphatic heterocycles. The third-order valence-electron chi connectivity index (χ3n) is 3.48.